The highest BCUT2D eigenvalue weighted by molar-refractivity contribution is 7.11. The summed E-state index contributed by atoms with van der Waals surface area (Å²) in [5.74, 6) is -8.34. The number of benzene rings is 1. The number of hydrogen-bond acceptors (Lipinski definition) is 9. The minimum Gasteiger partial charge on any atom is -0.481 e. The molecular formula is C27H28ClF4N5O4S. The van der Waals surface area contributed by atoms with Crippen LogP contribution in [0.1, 0.15) is 30.5 Å². The molecule has 1 aromatic heterocycles. The van der Waals surface area contributed by atoms with E-state index in [1.54, 1.807) is 29.0 Å². The standard InChI is InChI=1S/C27H28ClF4N5O4S/c1-26(2,25(39)40)11-36-8-14-17(10-36)37(12-27(14,31)32)9-16-18(24(38)41-3)21(13-4-5-15(29)20(30)19(13)28)35-22(34-16)23-33-6-7-42-23/h4-7,14,17,21H,8-12H2,1-3H3,(H,34,35)(H,39,40). The van der Waals surface area contributed by atoms with Gasteiger partial charge in [-0.15, -0.1) is 11.3 Å². The van der Waals surface area contributed by atoms with Crippen molar-refractivity contribution in [2.24, 2.45) is 16.3 Å². The molecule has 0 aliphatic carbocycles. The van der Waals surface area contributed by atoms with Crippen LogP contribution in [-0.2, 0) is 14.3 Å². The number of nitrogens with one attached hydrogen (secondary N) is 1. The molecule has 2 saturated heterocycles. The molecule has 0 saturated carbocycles. The molecule has 0 spiro atoms. The monoisotopic (exact) mass is 629 g/mol. The van der Waals surface area contributed by atoms with Gasteiger partial charge in [0, 0.05) is 55.1 Å². The number of aliphatic carboxylic acids is 1. The van der Waals surface area contributed by atoms with Crippen molar-refractivity contribution in [1.29, 1.82) is 0 Å². The summed E-state index contributed by atoms with van der Waals surface area (Å²) in [7, 11) is 1.13. The second-order valence-electron chi connectivity index (χ2n) is 11.2. The first-order valence-corrected chi connectivity index (χ1v) is 14.3. The summed E-state index contributed by atoms with van der Waals surface area (Å²) in [6.45, 7) is 2.62. The zero-order valence-corrected chi connectivity index (χ0v) is 24.4. The number of nitrogens with zero attached hydrogens (tertiary/aromatic N) is 4. The number of aliphatic imine (C=N–C) groups is 1. The smallest absolute Gasteiger partial charge is 0.338 e. The number of ether oxygens (including phenoxy) is 1. The van der Waals surface area contributed by atoms with E-state index in [-0.39, 0.29) is 48.8 Å². The predicted octanol–water partition coefficient (Wildman–Crippen LogP) is 3.96. The molecular weight excluding hydrogens is 602 g/mol. The molecule has 1 aromatic carbocycles. The van der Waals surface area contributed by atoms with Gasteiger partial charge in [0.2, 0.25) is 0 Å². The highest BCUT2D eigenvalue weighted by Gasteiger charge is 2.58. The van der Waals surface area contributed by atoms with E-state index < -0.39 is 64.5 Å². The average molecular weight is 630 g/mol. The van der Waals surface area contributed by atoms with Crippen LogP contribution in [0.15, 0.2) is 40.0 Å². The summed E-state index contributed by atoms with van der Waals surface area (Å²) in [5, 5.41) is 14.1. The summed E-state index contributed by atoms with van der Waals surface area (Å²) in [5.41, 5.74) is -1.08. The summed E-state index contributed by atoms with van der Waals surface area (Å²) >= 11 is 7.41. The van der Waals surface area contributed by atoms with Gasteiger partial charge in [0.15, 0.2) is 22.5 Å². The Morgan fingerprint density at radius 1 is 1.29 bits per heavy atom. The number of hydrogen-bond donors (Lipinski definition) is 2. The van der Waals surface area contributed by atoms with Crippen LogP contribution in [0.4, 0.5) is 17.6 Å². The molecule has 3 aliphatic rings. The third-order valence-corrected chi connectivity index (χ3v) is 9.04. The third-order valence-electron chi connectivity index (χ3n) is 7.87. The molecule has 3 aliphatic heterocycles. The fourth-order valence-corrected chi connectivity index (χ4v) is 6.63. The number of amidine groups is 1. The Morgan fingerprint density at radius 3 is 2.67 bits per heavy atom. The van der Waals surface area contributed by atoms with E-state index >= 15 is 8.78 Å². The summed E-state index contributed by atoms with van der Waals surface area (Å²) in [4.78, 5) is 36.9. The quantitative estimate of drug-likeness (QED) is 0.257. The Morgan fingerprint density at radius 2 is 2.02 bits per heavy atom. The molecule has 2 fully saturated rings. The van der Waals surface area contributed by atoms with Gasteiger partial charge in [-0.1, -0.05) is 17.7 Å². The number of alkyl halides is 2. The van der Waals surface area contributed by atoms with E-state index in [0.717, 1.165) is 13.2 Å². The number of carbonyl (C=O) groups excluding carboxylic acids is 1. The van der Waals surface area contributed by atoms with Gasteiger partial charge in [-0.3, -0.25) is 14.7 Å². The molecule has 2 N–H and O–H groups in total. The number of halogens is 5. The molecule has 0 radical (unpaired) electrons. The Labute approximate surface area is 247 Å². The first kappa shape index (κ1) is 30.4. The Balaban J connectivity index is 1.54. The van der Waals surface area contributed by atoms with Crippen LogP contribution in [0.5, 0.6) is 0 Å². The Kier molecular flexibility index (Phi) is 8.11. The normalized spacial score (nSPS) is 24.4. The van der Waals surface area contributed by atoms with Crippen molar-refractivity contribution in [2.75, 3.05) is 39.8 Å². The van der Waals surface area contributed by atoms with Gasteiger partial charge in [0.05, 0.1) is 35.6 Å². The van der Waals surface area contributed by atoms with Gasteiger partial charge in [0.1, 0.15) is 6.04 Å². The third kappa shape index (κ3) is 5.52. The van der Waals surface area contributed by atoms with Crippen molar-refractivity contribution < 1.29 is 37.0 Å². The Bertz CT molecular complexity index is 1470. The van der Waals surface area contributed by atoms with E-state index in [9.17, 15) is 23.5 Å². The number of likely N-dealkylation sites (tertiary alicyclic amines) is 2. The van der Waals surface area contributed by atoms with E-state index in [4.69, 9.17) is 16.3 Å². The molecule has 5 rings (SSSR count). The molecule has 3 atom stereocenters. The van der Waals surface area contributed by atoms with Crippen molar-refractivity contribution in [3.8, 4) is 0 Å². The second kappa shape index (κ2) is 11.2. The largest absolute Gasteiger partial charge is 0.481 e. The number of rotatable bonds is 8. The molecule has 9 nitrogen and oxygen atoms in total. The minimum absolute atomic E-state index is 0.0140. The second-order valence-corrected chi connectivity index (χ2v) is 12.5. The highest BCUT2D eigenvalue weighted by atomic mass is 35.5. The van der Waals surface area contributed by atoms with Gasteiger partial charge in [-0.2, -0.15) is 0 Å². The predicted molar refractivity (Wildman–Crippen MR) is 147 cm³/mol. The molecule has 15 heteroatoms. The molecule has 3 unspecified atom stereocenters. The summed E-state index contributed by atoms with van der Waals surface area (Å²) in [6.07, 6.45) is 1.53. The molecule has 0 bridgehead atoms. The number of esters is 1. The number of fused-ring (bicyclic) bond motifs is 1. The molecule has 0 amide bonds. The maximum atomic E-state index is 15.3. The number of aromatic nitrogens is 1. The van der Waals surface area contributed by atoms with Crippen LogP contribution in [0.2, 0.25) is 5.02 Å². The van der Waals surface area contributed by atoms with Crippen LogP contribution < -0.4 is 5.32 Å². The van der Waals surface area contributed by atoms with E-state index in [1.165, 1.54) is 23.6 Å². The van der Waals surface area contributed by atoms with E-state index in [2.05, 4.69) is 15.3 Å². The van der Waals surface area contributed by atoms with Crippen molar-refractivity contribution in [1.82, 2.24) is 20.1 Å². The SMILES string of the molecule is COC(=O)C1=C(CN2CC(F)(F)C3CN(CC(C)(C)C(=O)O)CC32)NC(c2nccs2)=NC1c1ccc(F)c(F)c1Cl. The van der Waals surface area contributed by atoms with Gasteiger partial charge in [-0.05, 0) is 19.9 Å². The van der Waals surface area contributed by atoms with Gasteiger partial charge in [0.25, 0.3) is 5.92 Å². The number of carboxylic acid groups (broad SMARTS) is 1. The first-order chi connectivity index (χ1) is 19.7. The van der Waals surface area contributed by atoms with Crippen molar-refractivity contribution in [2.45, 2.75) is 31.9 Å². The first-order valence-electron chi connectivity index (χ1n) is 13.0. The fourth-order valence-electron chi connectivity index (χ4n) is 5.79. The topological polar surface area (TPSA) is 107 Å². The van der Waals surface area contributed by atoms with Crippen molar-refractivity contribution in [3.63, 3.8) is 0 Å². The summed E-state index contributed by atoms with van der Waals surface area (Å²) < 4.78 is 64.2. The lowest BCUT2D eigenvalue weighted by Gasteiger charge is -2.32. The average Bonchev–Trinajstić information content (AvgIpc) is 3.65. The van der Waals surface area contributed by atoms with Crippen LogP contribution in [0, 0.1) is 23.0 Å². The lowest BCUT2D eigenvalue weighted by Crippen LogP contribution is -2.44. The van der Waals surface area contributed by atoms with Crippen molar-refractivity contribution >= 4 is 40.7 Å². The minimum atomic E-state index is -3.08. The molecule has 42 heavy (non-hydrogen) atoms. The van der Waals surface area contributed by atoms with Gasteiger partial charge >= 0.3 is 11.9 Å². The zero-order chi connectivity index (χ0) is 30.6. The maximum Gasteiger partial charge on any atom is 0.338 e. The Hall–Kier alpha value is -3.07. The fraction of sp³-hybridized carbons (Fsp3) is 0.481. The van der Waals surface area contributed by atoms with E-state index in [1.807, 2.05) is 0 Å². The van der Waals surface area contributed by atoms with Crippen molar-refractivity contribution in [3.05, 3.63) is 62.2 Å². The highest BCUT2D eigenvalue weighted by Crippen LogP contribution is 2.44. The van der Waals surface area contributed by atoms with Gasteiger partial charge < -0.3 is 20.1 Å². The number of carboxylic acids is 1. The molecule has 226 valence electrons. The number of thiazole rings is 1. The summed E-state index contributed by atoms with van der Waals surface area (Å²) in [6, 6.07) is 0.165. The lowest BCUT2D eigenvalue weighted by atomic mass is 9.93. The molecule has 4 heterocycles. The van der Waals surface area contributed by atoms with Crippen LogP contribution >= 0.6 is 22.9 Å². The van der Waals surface area contributed by atoms with Gasteiger partial charge in [-0.25, -0.2) is 27.3 Å². The number of carbonyl (C=O) groups is 2. The van der Waals surface area contributed by atoms with Crippen LogP contribution in [0.25, 0.3) is 0 Å². The zero-order valence-electron chi connectivity index (χ0n) is 22.8. The molecule has 2 aromatic rings. The number of methoxy groups -OCH3 is 1. The lowest BCUT2D eigenvalue weighted by molar-refractivity contribution is -0.148. The van der Waals surface area contributed by atoms with Crippen LogP contribution in [-0.4, -0.2) is 89.5 Å². The van der Waals surface area contributed by atoms with Crippen LogP contribution in [0.3, 0.4) is 0 Å². The maximum absolute atomic E-state index is 15.3. The van der Waals surface area contributed by atoms with E-state index in [0.29, 0.717) is 5.01 Å².